The van der Waals surface area contributed by atoms with Crippen molar-refractivity contribution < 1.29 is 23.4 Å². The number of rotatable bonds is 5. The molecule has 1 unspecified atom stereocenters. The zero-order chi connectivity index (χ0) is 13.9. The Hall–Kier alpha value is -1.98. The van der Waals surface area contributed by atoms with E-state index in [4.69, 9.17) is 10.2 Å². The second-order valence-electron chi connectivity index (χ2n) is 3.13. The quantitative estimate of drug-likeness (QED) is 0.377. The fourth-order valence-electron chi connectivity index (χ4n) is 1.01. The minimum absolute atomic E-state index is 0.625. The van der Waals surface area contributed by atoms with Crippen LogP contribution in [0, 0.1) is 0 Å². The molecule has 100 valence electrons. The Morgan fingerprint density at radius 3 is 2.50 bits per heavy atom. The molecule has 0 saturated carbocycles. The molecule has 10 nitrogen and oxygen atoms in total. The number of aliphatic hydroxyl groups is 1. The van der Waals surface area contributed by atoms with Gasteiger partial charge in [-0.25, -0.2) is 13.2 Å². The number of H-pyrrole nitrogens is 2. The predicted octanol–water partition coefficient (Wildman–Crippen LogP) is -3.21. The molecule has 1 aromatic rings. The van der Waals surface area contributed by atoms with Gasteiger partial charge < -0.3 is 15.2 Å². The lowest BCUT2D eigenvalue weighted by atomic mass is 10.3. The molecule has 0 amide bonds. The van der Waals surface area contributed by atoms with Gasteiger partial charge in [0.25, 0.3) is 5.56 Å². The van der Waals surface area contributed by atoms with E-state index in [-0.39, 0.29) is 0 Å². The Kier molecular flexibility index (Phi) is 4.00. The highest BCUT2D eigenvalue weighted by atomic mass is 32.2. The zero-order valence-corrected chi connectivity index (χ0v) is 9.52. The van der Waals surface area contributed by atoms with Gasteiger partial charge >= 0.3 is 11.7 Å². The number of nitrogens with one attached hydrogen (secondary N) is 3. The molecule has 0 fully saturated rings. The van der Waals surface area contributed by atoms with Crippen molar-refractivity contribution >= 4 is 16.0 Å². The first-order valence-corrected chi connectivity index (χ1v) is 5.94. The van der Waals surface area contributed by atoms with Crippen molar-refractivity contribution in [3.63, 3.8) is 0 Å². The Morgan fingerprint density at radius 2 is 2.06 bits per heavy atom. The molecule has 1 aromatic heterocycles. The summed E-state index contributed by atoms with van der Waals surface area (Å²) in [5.41, 5.74) is -2.11. The van der Waals surface area contributed by atoms with Crippen molar-refractivity contribution in [2.75, 3.05) is 6.61 Å². The number of hydrogen-bond acceptors (Lipinski definition) is 6. The van der Waals surface area contributed by atoms with E-state index in [1.807, 2.05) is 4.98 Å². The highest BCUT2D eigenvalue weighted by Gasteiger charge is 2.26. The number of carboxylic acid groups (broad SMARTS) is 1. The number of hydrogen-bond donors (Lipinski definition) is 5. The molecule has 0 bridgehead atoms. The summed E-state index contributed by atoms with van der Waals surface area (Å²) in [6.07, 6.45) is 0.625. The molecule has 18 heavy (non-hydrogen) atoms. The van der Waals surface area contributed by atoms with Gasteiger partial charge in [-0.05, 0) is 0 Å². The minimum atomic E-state index is -4.47. The first-order chi connectivity index (χ1) is 8.27. The Morgan fingerprint density at radius 1 is 1.44 bits per heavy atom. The standard InChI is InChI=1S/C7H9N3O7S/c11-2-3(6(13)14)10-18(16,17)4-1-8-7(15)9-5(4)12/h1,3,10-11H,2H2,(H,13,14)(H2,8,9,12,15). The third-order valence-corrected chi connectivity index (χ3v) is 3.33. The third kappa shape index (κ3) is 3.03. The Labute approximate surface area is 99.3 Å². The molecule has 5 N–H and O–H groups in total. The lowest BCUT2D eigenvalue weighted by Crippen LogP contribution is -2.45. The van der Waals surface area contributed by atoms with E-state index in [1.54, 1.807) is 9.71 Å². The predicted molar refractivity (Wildman–Crippen MR) is 56.5 cm³/mol. The topological polar surface area (TPSA) is 169 Å². The van der Waals surface area contributed by atoms with E-state index in [0.29, 0.717) is 6.20 Å². The van der Waals surface area contributed by atoms with E-state index >= 15 is 0 Å². The van der Waals surface area contributed by atoms with E-state index in [1.165, 1.54) is 0 Å². The van der Waals surface area contributed by atoms with Crippen molar-refractivity contribution in [3.8, 4) is 0 Å². The van der Waals surface area contributed by atoms with Gasteiger partial charge in [-0.15, -0.1) is 0 Å². The van der Waals surface area contributed by atoms with Gasteiger partial charge in [0.05, 0.1) is 6.61 Å². The summed E-state index contributed by atoms with van der Waals surface area (Å²) in [5, 5.41) is 17.2. The summed E-state index contributed by atoms with van der Waals surface area (Å²) in [5.74, 6) is -1.61. The molecule has 1 rings (SSSR count). The molecular weight excluding hydrogens is 270 g/mol. The van der Waals surface area contributed by atoms with Gasteiger partial charge in [0.2, 0.25) is 10.0 Å². The van der Waals surface area contributed by atoms with Crippen LogP contribution in [0.25, 0.3) is 0 Å². The number of carbonyl (C=O) groups is 1. The lowest BCUT2D eigenvalue weighted by Gasteiger charge is -2.11. The SMILES string of the molecule is O=C(O)C(CO)NS(=O)(=O)c1c[nH]c(=O)[nH]c1=O. The fraction of sp³-hybridized carbons (Fsp3) is 0.286. The summed E-state index contributed by atoms with van der Waals surface area (Å²) < 4.78 is 24.8. The van der Waals surface area contributed by atoms with Crippen LogP contribution in [0.5, 0.6) is 0 Å². The van der Waals surface area contributed by atoms with Gasteiger partial charge in [-0.2, -0.15) is 4.72 Å². The number of aromatic amines is 2. The normalized spacial score (nSPS) is 13.2. The van der Waals surface area contributed by atoms with E-state index in [0.717, 1.165) is 0 Å². The highest BCUT2D eigenvalue weighted by Crippen LogP contribution is 2.00. The highest BCUT2D eigenvalue weighted by molar-refractivity contribution is 7.89. The number of aliphatic hydroxyl groups excluding tert-OH is 1. The average Bonchev–Trinajstić information content (AvgIpc) is 2.24. The number of aliphatic carboxylic acids is 1. The first-order valence-electron chi connectivity index (χ1n) is 4.46. The van der Waals surface area contributed by atoms with E-state index in [9.17, 15) is 22.8 Å². The van der Waals surface area contributed by atoms with Crippen molar-refractivity contribution in [2.45, 2.75) is 10.9 Å². The lowest BCUT2D eigenvalue weighted by molar-refractivity contribution is -0.139. The maximum atomic E-state index is 11.6. The van der Waals surface area contributed by atoms with E-state index < -0.39 is 44.8 Å². The van der Waals surface area contributed by atoms with Crippen LogP contribution in [0.1, 0.15) is 0 Å². The number of aromatic nitrogens is 2. The molecule has 0 aliphatic heterocycles. The van der Waals surface area contributed by atoms with Crippen LogP contribution in [0.15, 0.2) is 20.7 Å². The van der Waals surface area contributed by atoms with Gasteiger partial charge in [-0.3, -0.25) is 14.6 Å². The molecular formula is C7H9N3O7S. The van der Waals surface area contributed by atoms with Crippen molar-refractivity contribution in [2.24, 2.45) is 0 Å². The molecule has 1 atom stereocenters. The van der Waals surface area contributed by atoms with Crippen molar-refractivity contribution in [3.05, 3.63) is 27.0 Å². The molecule has 0 aromatic carbocycles. The maximum absolute atomic E-state index is 11.6. The third-order valence-electron chi connectivity index (χ3n) is 1.85. The monoisotopic (exact) mass is 279 g/mol. The smallest absolute Gasteiger partial charge is 0.325 e. The second kappa shape index (κ2) is 5.12. The van der Waals surface area contributed by atoms with E-state index in [2.05, 4.69) is 0 Å². The molecule has 0 saturated heterocycles. The molecule has 0 radical (unpaired) electrons. The van der Waals surface area contributed by atoms with Gasteiger partial charge in [-0.1, -0.05) is 0 Å². The number of sulfonamides is 1. The Bertz CT molecular complexity index is 658. The van der Waals surface area contributed by atoms with Crippen molar-refractivity contribution in [1.82, 2.24) is 14.7 Å². The summed E-state index contributed by atoms with van der Waals surface area (Å²) in [4.78, 5) is 35.2. The van der Waals surface area contributed by atoms with Crippen LogP contribution < -0.4 is 16.0 Å². The summed E-state index contributed by atoms with van der Waals surface area (Å²) in [6.45, 7) is -0.990. The summed E-state index contributed by atoms with van der Waals surface area (Å²) >= 11 is 0. The first kappa shape index (κ1) is 14.1. The average molecular weight is 279 g/mol. The Balaban J connectivity index is 3.18. The second-order valence-corrected chi connectivity index (χ2v) is 4.81. The summed E-state index contributed by atoms with van der Waals surface area (Å²) in [6, 6.07) is -1.79. The van der Waals surface area contributed by atoms with Gasteiger partial charge in [0.15, 0.2) is 4.90 Å². The summed E-state index contributed by atoms with van der Waals surface area (Å²) in [7, 11) is -4.47. The van der Waals surface area contributed by atoms with Crippen molar-refractivity contribution in [1.29, 1.82) is 0 Å². The minimum Gasteiger partial charge on any atom is -0.480 e. The van der Waals surface area contributed by atoms with Crippen LogP contribution in [-0.2, 0) is 14.8 Å². The molecule has 1 heterocycles. The van der Waals surface area contributed by atoms with Crippen LogP contribution in [0.2, 0.25) is 0 Å². The van der Waals surface area contributed by atoms with Crippen LogP contribution >= 0.6 is 0 Å². The zero-order valence-electron chi connectivity index (χ0n) is 8.71. The maximum Gasteiger partial charge on any atom is 0.325 e. The molecule has 0 spiro atoms. The van der Waals surface area contributed by atoms with Gasteiger partial charge in [0, 0.05) is 6.20 Å². The van der Waals surface area contributed by atoms with Crippen LogP contribution in [0.3, 0.4) is 0 Å². The molecule has 0 aliphatic carbocycles. The largest absolute Gasteiger partial charge is 0.480 e. The fourth-order valence-corrected chi connectivity index (χ4v) is 2.20. The van der Waals surface area contributed by atoms with Crippen LogP contribution in [-0.4, -0.2) is 47.2 Å². The van der Waals surface area contributed by atoms with Gasteiger partial charge in [0.1, 0.15) is 6.04 Å². The molecule has 11 heteroatoms. The van der Waals surface area contributed by atoms with Crippen LogP contribution in [0.4, 0.5) is 0 Å². The number of carboxylic acids is 1. The molecule has 0 aliphatic rings.